The SMILES string of the molecule is CCOC(=O)c1cccc(C)c1NC(=O)C1([N+](CC)(CC)CC(=O)OCc2ccccc2)CC1. The average molecular weight is 468 g/mol. The molecule has 0 aromatic heterocycles. The second-order valence-corrected chi connectivity index (χ2v) is 8.79. The van der Waals surface area contributed by atoms with Crippen molar-refractivity contribution in [2.45, 2.75) is 52.7 Å². The van der Waals surface area contributed by atoms with Crippen LogP contribution in [0.4, 0.5) is 5.69 Å². The molecule has 1 saturated carbocycles. The van der Waals surface area contributed by atoms with E-state index in [0.29, 0.717) is 41.7 Å². The monoisotopic (exact) mass is 467 g/mol. The molecule has 0 spiro atoms. The number of aryl methyl sites for hydroxylation is 1. The Kier molecular flexibility index (Phi) is 8.10. The molecule has 3 rings (SSSR count). The van der Waals surface area contributed by atoms with Crippen LogP contribution in [0.1, 0.15) is 55.1 Å². The van der Waals surface area contributed by atoms with Crippen molar-refractivity contribution in [1.29, 1.82) is 0 Å². The van der Waals surface area contributed by atoms with Gasteiger partial charge in [-0.25, -0.2) is 9.59 Å². The van der Waals surface area contributed by atoms with Crippen molar-refractivity contribution in [3.8, 4) is 0 Å². The Bertz CT molecular complexity index is 1030. The van der Waals surface area contributed by atoms with E-state index in [4.69, 9.17) is 9.47 Å². The Labute approximate surface area is 201 Å². The number of para-hydroxylation sites is 1. The number of hydrogen-bond donors (Lipinski definition) is 1. The highest BCUT2D eigenvalue weighted by molar-refractivity contribution is 6.05. The van der Waals surface area contributed by atoms with E-state index >= 15 is 0 Å². The lowest BCUT2D eigenvalue weighted by molar-refractivity contribution is -0.942. The minimum Gasteiger partial charge on any atom is -0.462 e. The molecule has 0 unspecified atom stereocenters. The molecule has 2 aromatic carbocycles. The van der Waals surface area contributed by atoms with Gasteiger partial charge in [0.1, 0.15) is 6.61 Å². The van der Waals surface area contributed by atoms with Crippen LogP contribution in [0, 0.1) is 6.92 Å². The predicted molar refractivity (Wildman–Crippen MR) is 130 cm³/mol. The quantitative estimate of drug-likeness (QED) is 0.395. The largest absolute Gasteiger partial charge is 0.462 e. The number of benzene rings is 2. The van der Waals surface area contributed by atoms with Crippen LogP contribution in [0.5, 0.6) is 0 Å². The number of ether oxygens (including phenoxy) is 2. The second kappa shape index (κ2) is 10.8. The fraction of sp³-hybridized carbons (Fsp3) is 0.444. The van der Waals surface area contributed by atoms with Crippen LogP contribution < -0.4 is 5.32 Å². The summed E-state index contributed by atoms with van der Waals surface area (Å²) in [6, 6.07) is 14.8. The van der Waals surface area contributed by atoms with Crippen molar-refractivity contribution < 1.29 is 28.3 Å². The van der Waals surface area contributed by atoms with Gasteiger partial charge in [0.15, 0.2) is 12.1 Å². The lowest BCUT2D eigenvalue weighted by Gasteiger charge is -2.42. The molecular formula is C27H35N2O5+. The molecule has 0 atom stereocenters. The number of carbonyl (C=O) groups is 3. The number of quaternary nitrogens is 1. The molecule has 7 nitrogen and oxygen atoms in total. The maximum atomic E-state index is 13.7. The van der Waals surface area contributed by atoms with Gasteiger partial charge in [-0.15, -0.1) is 0 Å². The molecule has 1 amide bonds. The highest BCUT2D eigenvalue weighted by atomic mass is 16.5. The lowest BCUT2D eigenvalue weighted by Crippen LogP contribution is -2.64. The van der Waals surface area contributed by atoms with E-state index in [9.17, 15) is 14.4 Å². The van der Waals surface area contributed by atoms with Gasteiger partial charge >= 0.3 is 11.9 Å². The van der Waals surface area contributed by atoms with E-state index in [1.165, 1.54) is 0 Å². The normalized spacial score (nSPS) is 14.2. The zero-order chi connectivity index (χ0) is 24.8. The van der Waals surface area contributed by atoms with Crippen LogP contribution in [0.15, 0.2) is 48.5 Å². The molecule has 0 heterocycles. The van der Waals surface area contributed by atoms with Gasteiger partial charge in [-0.2, -0.15) is 0 Å². The van der Waals surface area contributed by atoms with E-state index < -0.39 is 11.5 Å². The first-order valence-corrected chi connectivity index (χ1v) is 12.0. The Hall–Kier alpha value is -3.19. The third-order valence-electron chi connectivity index (χ3n) is 6.95. The minimum absolute atomic E-state index is 0.117. The van der Waals surface area contributed by atoms with Gasteiger partial charge in [-0.1, -0.05) is 42.5 Å². The van der Waals surface area contributed by atoms with Gasteiger partial charge < -0.3 is 19.3 Å². The molecule has 1 N–H and O–H groups in total. The van der Waals surface area contributed by atoms with Crippen LogP contribution in [-0.2, 0) is 25.7 Å². The van der Waals surface area contributed by atoms with Crippen molar-refractivity contribution in [2.24, 2.45) is 0 Å². The van der Waals surface area contributed by atoms with E-state index in [1.807, 2.05) is 57.2 Å². The van der Waals surface area contributed by atoms with Crippen LogP contribution in [-0.4, -0.2) is 54.1 Å². The third kappa shape index (κ3) is 5.14. The van der Waals surface area contributed by atoms with Crippen LogP contribution in [0.3, 0.4) is 0 Å². The van der Waals surface area contributed by atoms with Crippen molar-refractivity contribution >= 4 is 23.5 Å². The maximum absolute atomic E-state index is 13.7. The molecule has 0 radical (unpaired) electrons. The van der Waals surface area contributed by atoms with Crippen molar-refractivity contribution in [1.82, 2.24) is 0 Å². The number of amides is 1. The van der Waals surface area contributed by atoms with Crippen molar-refractivity contribution in [2.75, 3.05) is 31.6 Å². The molecule has 0 aliphatic heterocycles. The fourth-order valence-corrected chi connectivity index (χ4v) is 4.71. The Morgan fingerprint density at radius 3 is 2.21 bits per heavy atom. The lowest BCUT2D eigenvalue weighted by atomic mass is 10.0. The van der Waals surface area contributed by atoms with Gasteiger partial charge in [0.05, 0.1) is 30.9 Å². The number of nitrogens with one attached hydrogen (secondary N) is 1. The van der Waals surface area contributed by atoms with Crippen LogP contribution >= 0.6 is 0 Å². The third-order valence-corrected chi connectivity index (χ3v) is 6.95. The van der Waals surface area contributed by atoms with E-state index in [0.717, 1.165) is 11.1 Å². The van der Waals surface area contributed by atoms with E-state index in [-0.39, 0.29) is 31.6 Å². The first-order valence-electron chi connectivity index (χ1n) is 12.0. The number of nitrogens with zero attached hydrogens (tertiary/aromatic N) is 1. The molecule has 1 aliphatic rings. The zero-order valence-electron chi connectivity index (χ0n) is 20.6. The Morgan fingerprint density at radius 1 is 0.941 bits per heavy atom. The number of hydrogen-bond acceptors (Lipinski definition) is 5. The smallest absolute Gasteiger partial charge is 0.362 e. The van der Waals surface area contributed by atoms with Gasteiger partial charge in [-0.3, -0.25) is 4.79 Å². The van der Waals surface area contributed by atoms with Gasteiger partial charge in [-0.05, 0) is 44.9 Å². The van der Waals surface area contributed by atoms with Crippen LogP contribution in [0.2, 0.25) is 0 Å². The van der Waals surface area contributed by atoms with Gasteiger partial charge in [0.25, 0.3) is 5.91 Å². The first kappa shape index (κ1) is 25.4. The summed E-state index contributed by atoms with van der Waals surface area (Å²) in [7, 11) is 0. The summed E-state index contributed by atoms with van der Waals surface area (Å²) in [6.07, 6.45) is 1.35. The molecule has 2 aromatic rings. The summed E-state index contributed by atoms with van der Waals surface area (Å²) in [5, 5.41) is 3.02. The molecule has 34 heavy (non-hydrogen) atoms. The highest BCUT2D eigenvalue weighted by Crippen LogP contribution is 2.48. The summed E-state index contributed by atoms with van der Waals surface area (Å²) < 4.78 is 11.0. The topological polar surface area (TPSA) is 81.7 Å². The summed E-state index contributed by atoms with van der Waals surface area (Å²) >= 11 is 0. The average Bonchev–Trinajstić information content (AvgIpc) is 3.66. The molecule has 7 heteroatoms. The number of likely N-dealkylation sites (N-methyl/N-ethyl adjacent to an activating group) is 1. The van der Waals surface area contributed by atoms with Gasteiger partial charge in [0.2, 0.25) is 0 Å². The van der Waals surface area contributed by atoms with Crippen molar-refractivity contribution in [3.05, 3.63) is 65.2 Å². The molecule has 0 saturated heterocycles. The minimum atomic E-state index is -0.733. The number of esters is 2. The summed E-state index contributed by atoms with van der Waals surface area (Å²) in [5.41, 5.74) is 1.77. The van der Waals surface area contributed by atoms with E-state index in [2.05, 4.69) is 5.32 Å². The molecule has 1 aliphatic carbocycles. The Balaban J connectivity index is 1.79. The maximum Gasteiger partial charge on any atom is 0.362 e. The zero-order valence-corrected chi connectivity index (χ0v) is 20.6. The molecule has 182 valence electrons. The Morgan fingerprint density at radius 2 is 1.62 bits per heavy atom. The standard InChI is InChI=1S/C27H34N2O5/c1-5-29(6-2,18-23(30)34-19-21-13-9-8-10-14-21)27(16-17-27)26(32)28-24-20(4)12-11-15-22(24)25(31)33-7-3/h8-15H,5-7,16-19H2,1-4H3/p+1. The van der Waals surface area contributed by atoms with E-state index in [1.54, 1.807) is 19.1 Å². The summed E-state index contributed by atoms with van der Waals surface area (Å²) in [5.74, 6) is -0.968. The van der Waals surface area contributed by atoms with Crippen LogP contribution in [0.25, 0.3) is 0 Å². The summed E-state index contributed by atoms with van der Waals surface area (Å²) in [4.78, 5) is 39.0. The first-order chi connectivity index (χ1) is 16.3. The summed E-state index contributed by atoms with van der Waals surface area (Å²) in [6.45, 7) is 9.39. The number of anilines is 1. The van der Waals surface area contributed by atoms with Gasteiger partial charge in [0, 0.05) is 12.8 Å². The number of rotatable bonds is 11. The predicted octanol–water partition coefficient (Wildman–Crippen LogP) is 4.24. The molecule has 1 fully saturated rings. The number of carbonyl (C=O) groups excluding carboxylic acids is 3. The highest BCUT2D eigenvalue weighted by Gasteiger charge is 2.65. The fourth-order valence-electron chi connectivity index (χ4n) is 4.71. The van der Waals surface area contributed by atoms with Crippen molar-refractivity contribution in [3.63, 3.8) is 0 Å². The molecular weight excluding hydrogens is 432 g/mol. The molecule has 0 bridgehead atoms. The second-order valence-electron chi connectivity index (χ2n) is 8.79.